The fourth-order valence-corrected chi connectivity index (χ4v) is 0.275. The third kappa shape index (κ3) is 2.81. The van der Waals surface area contributed by atoms with Gasteiger partial charge in [0.2, 0.25) is 0 Å². The maximum absolute atomic E-state index is 10.5. The van der Waals surface area contributed by atoms with Gasteiger partial charge in [-0.2, -0.15) is 0 Å². The zero-order valence-electron chi connectivity index (χ0n) is 5.50. The fourth-order valence-electron chi connectivity index (χ4n) is 0.275. The Hall–Kier alpha value is -1.38. The van der Waals surface area contributed by atoms with Gasteiger partial charge in [0, 0.05) is 0 Å². The van der Waals surface area contributed by atoms with E-state index in [2.05, 4.69) is 17.9 Å². The van der Waals surface area contributed by atoms with Crippen molar-refractivity contribution in [3.8, 4) is 0 Å². The second-order valence-corrected chi connectivity index (χ2v) is 1.53. The molecule has 0 saturated heterocycles. The summed E-state index contributed by atoms with van der Waals surface area (Å²) in [7, 11) is 0. The molecule has 0 aliphatic carbocycles. The van der Waals surface area contributed by atoms with E-state index in [-0.39, 0.29) is 12.2 Å². The molecule has 0 aliphatic heterocycles. The van der Waals surface area contributed by atoms with Crippen LogP contribution in [0.3, 0.4) is 0 Å². The van der Waals surface area contributed by atoms with E-state index >= 15 is 0 Å². The molecule has 0 aromatic rings. The first-order valence-corrected chi connectivity index (χ1v) is 2.64. The summed E-state index contributed by atoms with van der Waals surface area (Å²) in [6.45, 7) is 6.57. The molecule has 0 bridgehead atoms. The molecule has 3 nitrogen and oxygen atoms in total. The second kappa shape index (κ2) is 4.49. The molecule has 0 amide bonds. The highest BCUT2D eigenvalue weighted by atomic mass is 16.5. The highest BCUT2D eigenvalue weighted by Crippen LogP contribution is 1.88. The van der Waals surface area contributed by atoms with E-state index in [0.29, 0.717) is 6.29 Å². The Morgan fingerprint density at radius 2 is 2.20 bits per heavy atom. The summed E-state index contributed by atoms with van der Waals surface area (Å²) in [6.07, 6.45) is 1.77. The first-order valence-electron chi connectivity index (χ1n) is 2.64. The number of hydrogen-bond acceptors (Lipinski definition) is 3. The van der Waals surface area contributed by atoms with E-state index in [0.717, 1.165) is 0 Å². The number of rotatable bonds is 4. The summed E-state index contributed by atoms with van der Waals surface area (Å²) in [6, 6.07) is 0. The third-order valence-corrected chi connectivity index (χ3v) is 0.737. The number of esters is 1. The van der Waals surface area contributed by atoms with Crippen molar-refractivity contribution >= 4 is 12.3 Å². The van der Waals surface area contributed by atoms with Crippen molar-refractivity contribution < 1.29 is 14.3 Å². The Morgan fingerprint density at radius 3 is 2.60 bits per heavy atom. The minimum absolute atomic E-state index is 0.103. The largest absolute Gasteiger partial charge is 0.458 e. The third-order valence-electron chi connectivity index (χ3n) is 0.737. The molecule has 0 spiro atoms. The van der Waals surface area contributed by atoms with Gasteiger partial charge < -0.3 is 4.74 Å². The molecule has 0 radical (unpaired) electrons. The molecule has 54 valence electrons. The number of aldehydes is 1. The molecule has 0 rings (SSSR count). The van der Waals surface area contributed by atoms with E-state index in [1.165, 1.54) is 6.08 Å². The Labute approximate surface area is 59.0 Å². The average Bonchev–Trinajstić information content (AvgIpc) is 1.98. The molecule has 0 fully saturated rings. The minimum atomic E-state index is -0.699. The molecular formula is C7H8O3. The molecular weight excluding hydrogens is 132 g/mol. The highest BCUT2D eigenvalue weighted by Gasteiger charge is 2.04. The Kier molecular flexibility index (Phi) is 3.87. The summed E-state index contributed by atoms with van der Waals surface area (Å²) >= 11 is 0. The maximum atomic E-state index is 10.5. The van der Waals surface area contributed by atoms with Crippen LogP contribution in [-0.4, -0.2) is 18.9 Å². The van der Waals surface area contributed by atoms with E-state index in [9.17, 15) is 9.59 Å². The summed E-state index contributed by atoms with van der Waals surface area (Å²) in [5.41, 5.74) is -0.179. The number of carbonyl (C=O) groups excluding carboxylic acids is 2. The van der Waals surface area contributed by atoms with Gasteiger partial charge in [0.15, 0.2) is 6.29 Å². The van der Waals surface area contributed by atoms with Crippen molar-refractivity contribution in [3.63, 3.8) is 0 Å². The number of ether oxygens (including phenoxy) is 1. The molecule has 0 aromatic heterocycles. The van der Waals surface area contributed by atoms with E-state index < -0.39 is 5.97 Å². The van der Waals surface area contributed by atoms with Crippen LogP contribution in [-0.2, 0) is 14.3 Å². The van der Waals surface area contributed by atoms with Crippen LogP contribution in [0.5, 0.6) is 0 Å². The number of carbonyl (C=O) groups is 2. The van der Waals surface area contributed by atoms with Crippen LogP contribution in [0.15, 0.2) is 24.8 Å². The van der Waals surface area contributed by atoms with Gasteiger partial charge in [-0.1, -0.05) is 19.2 Å². The van der Waals surface area contributed by atoms with Crippen LogP contribution in [0.25, 0.3) is 0 Å². The van der Waals surface area contributed by atoms with Gasteiger partial charge in [0.1, 0.15) is 6.61 Å². The van der Waals surface area contributed by atoms with Crippen LogP contribution >= 0.6 is 0 Å². The molecule has 0 heterocycles. The highest BCUT2D eigenvalue weighted by molar-refractivity contribution is 6.06. The van der Waals surface area contributed by atoms with Gasteiger partial charge in [-0.15, -0.1) is 0 Å². The van der Waals surface area contributed by atoms with Crippen molar-refractivity contribution in [1.82, 2.24) is 0 Å². The monoisotopic (exact) mass is 140 g/mol. The Balaban J connectivity index is 3.73. The lowest BCUT2D eigenvalue weighted by Crippen LogP contribution is -2.07. The Bertz CT molecular complexity index is 170. The zero-order chi connectivity index (χ0) is 7.98. The Morgan fingerprint density at radius 1 is 1.60 bits per heavy atom. The minimum Gasteiger partial charge on any atom is -0.458 e. The molecule has 3 heteroatoms. The molecule has 0 unspecified atom stereocenters. The lowest BCUT2D eigenvalue weighted by atomic mass is 10.3. The van der Waals surface area contributed by atoms with Crippen molar-refractivity contribution in [2.75, 3.05) is 6.61 Å². The molecule has 0 N–H and O–H groups in total. The summed E-state index contributed by atoms with van der Waals surface area (Å²) < 4.78 is 4.46. The number of hydrogen-bond donors (Lipinski definition) is 0. The van der Waals surface area contributed by atoms with Crippen LogP contribution < -0.4 is 0 Å². The maximum Gasteiger partial charge on any atom is 0.341 e. The fraction of sp³-hybridized carbons (Fsp3) is 0.143. The predicted molar refractivity (Wildman–Crippen MR) is 36.4 cm³/mol. The van der Waals surface area contributed by atoms with Gasteiger partial charge in [-0.25, -0.2) is 4.79 Å². The van der Waals surface area contributed by atoms with Crippen molar-refractivity contribution in [2.45, 2.75) is 0 Å². The SMILES string of the molecule is C=CCOC(=O)C(=C)C=O. The van der Waals surface area contributed by atoms with Gasteiger partial charge in [-0.3, -0.25) is 4.79 Å². The summed E-state index contributed by atoms with van der Waals surface area (Å²) in [5.74, 6) is -0.699. The molecule has 0 atom stereocenters. The smallest absolute Gasteiger partial charge is 0.341 e. The van der Waals surface area contributed by atoms with Crippen LogP contribution in [0.1, 0.15) is 0 Å². The van der Waals surface area contributed by atoms with E-state index in [1.807, 2.05) is 0 Å². The average molecular weight is 140 g/mol. The molecule has 0 saturated carbocycles. The molecule has 10 heavy (non-hydrogen) atoms. The van der Waals surface area contributed by atoms with Crippen LogP contribution in [0, 0.1) is 0 Å². The quantitative estimate of drug-likeness (QED) is 0.142. The van der Waals surface area contributed by atoms with Crippen molar-refractivity contribution in [1.29, 1.82) is 0 Å². The predicted octanol–water partition coefficient (Wildman–Crippen LogP) is 0.471. The van der Waals surface area contributed by atoms with Crippen LogP contribution in [0.2, 0.25) is 0 Å². The lowest BCUT2D eigenvalue weighted by Gasteiger charge is -1.96. The first-order chi connectivity index (χ1) is 4.72. The summed E-state index contributed by atoms with van der Waals surface area (Å²) in [4.78, 5) is 20.4. The van der Waals surface area contributed by atoms with E-state index in [4.69, 9.17) is 0 Å². The van der Waals surface area contributed by atoms with Gasteiger partial charge in [-0.05, 0) is 0 Å². The molecule has 0 aliphatic rings. The normalized spacial score (nSPS) is 8.00. The van der Waals surface area contributed by atoms with E-state index in [1.54, 1.807) is 0 Å². The first kappa shape index (κ1) is 8.62. The second-order valence-electron chi connectivity index (χ2n) is 1.53. The topological polar surface area (TPSA) is 43.4 Å². The van der Waals surface area contributed by atoms with Gasteiger partial charge in [0.05, 0.1) is 5.57 Å². The summed E-state index contributed by atoms with van der Waals surface area (Å²) in [5, 5.41) is 0. The zero-order valence-corrected chi connectivity index (χ0v) is 5.50. The van der Waals surface area contributed by atoms with Gasteiger partial charge >= 0.3 is 5.97 Å². The van der Waals surface area contributed by atoms with Crippen molar-refractivity contribution in [3.05, 3.63) is 24.8 Å². The standard InChI is InChI=1S/C7H8O3/c1-3-4-10-7(9)6(2)5-8/h3,5H,1-2,4H2. The molecule has 0 aromatic carbocycles. The van der Waals surface area contributed by atoms with Gasteiger partial charge in [0.25, 0.3) is 0 Å². The van der Waals surface area contributed by atoms with Crippen molar-refractivity contribution in [2.24, 2.45) is 0 Å². The van der Waals surface area contributed by atoms with Crippen LogP contribution in [0.4, 0.5) is 0 Å². The lowest BCUT2D eigenvalue weighted by molar-refractivity contribution is -0.138.